The molecular weight excluding hydrogens is 146 g/mol. The van der Waals surface area contributed by atoms with E-state index >= 15 is 0 Å². The third kappa shape index (κ3) is 3.70. The molecule has 0 aromatic rings. The van der Waals surface area contributed by atoms with Crippen LogP contribution < -0.4 is 5.73 Å². The van der Waals surface area contributed by atoms with Crippen molar-refractivity contribution in [3.8, 4) is 6.07 Å². The van der Waals surface area contributed by atoms with Crippen molar-refractivity contribution in [2.75, 3.05) is 6.61 Å². The number of carbonyl (C=O) groups excluding carboxylic acids is 1. The maximum absolute atomic E-state index is 10.3. The van der Waals surface area contributed by atoms with Gasteiger partial charge in [-0.15, -0.1) is 0 Å². The monoisotopic (exact) mass is 153 g/mol. The van der Waals surface area contributed by atoms with Crippen LogP contribution in [0.5, 0.6) is 0 Å². The number of amides is 1. The summed E-state index contributed by atoms with van der Waals surface area (Å²) < 4.78 is 0. The molecule has 0 unspecified atom stereocenters. The van der Waals surface area contributed by atoms with E-state index in [-0.39, 0.29) is 6.61 Å². The Kier molecular flexibility index (Phi) is 4.16. The zero-order chi connectivity index (χ0) is 8.69. The van der Waals surface area contributed by atoms with E-state index in [4.69, 9.17) is 11.0 Å². The van der Waals surface area contributed by atoms with Crippen LogP contribution in [0.3, 0.4) is 0 Å². The third-order valence-corrected chi connectivity index (χ3v) is 0.688. The van der Waals surface area contributed by atoms with Gasteiger partial charge >= 0.3 is 0 Å². The van der Waals surface area contributed by atoms with Crippen LogP contribution in [0.25, 0.3) is 0 Å². The van der Waals surface area contributed by atoms with E-state index in [9.17, 15) is 4.79 Å². The average molecular weight is 153 g/mol. The Morgan fingerprint density at radius 2 is 2.55 bits per heavy atom. The minimum absolute atomic E-state index is 0.137. The number of nitrogens with two attached hydrogens (primary N) is 1. The van der Waals surface area contributed by atoms with Gasteiger partial charge in [-0.05, 0) is 0 Å². The molecule has 0 aliphatic heterocycles. The normalized spacial score (nSPS) is 9.91. The van der Waals surface area contributed by atoms with Crippen molar-refractivity contribution < 1.29 is 9.63 Å². The summed E-state index contributed by atoms with van der Waals surface area (Å²) in [6.45, 7) is 3.47. The zero-order valence-corrected chi connectivity index (χ0v) is 5.78. The third-order valence-electron chi connectivity index (χ3n) is 0.688. The van der Waals surface area contributed by atoms with E-state index in [1.165, 1.54) is 12.1 Å². The summed E-state index contributed by atoms with van der Waals surface area (Å²) in [7, 11) is 0. The Morgan fingerprint density at radius 1 is 1.91 bits per heavy atom. The first-order chi connectivity index (χ1) is 5.22. The van der Waals surface area contributed by atoms with E-state index in [0.29, 0.717) is 0 Å². The molecule has 0 radical (unpaired) electrons. The van der Waals surface area contributed by atoms with Crippen LogP contribution in [-0.2, 0) is 9.63 Å². The first kappa shape index (κ1) is 9.17. The molecule has 0 aliphatic carbocycles. The number of carbonyl (C=O) groups is 1. The highest BCUT2D eigenvalue weighted by Crippen LogP contribution is 1.80. The molecule has 0 heterocycles. The SMILES string of the molecule is C=CCO/N=C(/C#N)C(N)=O. The standard InChI is InChI=1S/C6H7N3O2/c1-2-3-11-9-5(4-7)6(8)10/h2H,1,3H2,(H2,8,10)/b9-5-. The smallest absolute Gasteiger partial charge is 0.281 e. The number of nitrogens with zero attached hydrogens (tertiary/aromatic N) is 2. The van der Waals surface area contributed by atoms with Crippen LogP contribution in [0.2, 0.25) is 0 Å². The number of rotatable bonds is 4. The van der Waals surface area contributed by atoms with Crippen molar-refractivity contribution in [3.05, 3.63) is 12.7 Å². The molecule has 0 bridgehead atoms. The second-order valence-electron chi connectivity index (χ2n) is 1.50. The number of oxime groups is 1. The van der Waals surface area contributed by atoms with Crippen LogP contribution >= 0.6 is 0 Å². The van der Waals surface area contributed by atoms with E-state index in [2.05, 4.69) is 16.6 Å². The van der Waals surface area contributed by atoms with Gasteiger partial charge in [0.25, 0.3) is 5.91 Å². The van der Waals surface area contributed by atoms with Gasteiger partial charge in [-0.1, -0.05) is 17.8 Å². The predicted octanol–water partition coefficient (Wildman–Crippen LogP) is -0.446. The summed E-state index contributed by atoms with van der Waals surface area (Å²) in [5, 5.41) is 11.3. The van der Waals surface area contributed by atoms with Crippen LogP contribution in [-0.4, -0.2) is 18.2 Å². The van der Waals surface area contributed by atoms with E-state index in [1.807, 2.05) is 0 Å². The number of hydrogen-bond acceptors (Lipinski definition) is 4. The first-order valence-electron chi connectivity index (χ1n) is 2.73. The maximum Gasteiger partial charge on any atom is 0.281 e. The molecule has 0 rings (SSSR count). The molecular formula is C6H7N3O2. The molecule has 0 atom stereocenters. The fourth-order valence-corrected chi connectivity index (χ4v) is 0.275. The molecule has 0 fully saturated rings. The highest BCUT2D eigenvalue weighted by atomic mass is 16.6. The van der Waals surface area contributed by atoms with Gasteiger partial charge < -0.3 is 10.6 Å². The lowest BCUT2D eigenvalue weighted by Gasteiger charge is -1.91. The molecule has 0 saturated heterocycles. The lowest BCUT2D eigenvalue weighted by Crippen LogP contribution is -2.21. The second-order valence-corrected chi connectivity index (χ2v) is 1.50. The lowest BCUT2D eigenvalue weighted by molar-refractivity contribution is -0.112. The Labute approximate surface area is 63.7 Å². The molecule has 0 aliphatic rings. The van der Waals surface area contributed by atoms with Crippen molar-refractivity contribution in [3.63, 3.8) is 0 Å². The van der Waals surface area contributed by atoms with Gasteiger partial charge in [-0.3, -0.25) is 4.79 Å². The van der Waals surface area contributed by atoms with Crippen molar-refractivity contribution in [1.82, 2.24) is 0 Å². The minimum Gasteiger partial charge on any atom is -0.390 e. The summed E-state index contributed by atoms with van der Waals surface area (Å²) in [5.41, 5.74) is 4.28. The highest BCUT2D eigenvalue weighted by Gasteiger charge is 2.04. The van der Waals surface area contributed by atoms with Crippen LogP contribution in [0.4, 0.5) is 0 Å². The van der Waals surface area contributed by atoms with Gasteiger partial charge in [0.1, 0.15) is 12.7 Å². The number of primary amides is 1. The van der Waals surface area contributed by atoms with Gasteiger partial charge in [0.2, 0.25) is 5.71 Å². The zero-order valence-electron chi connectivity index (χ0n) is 5.78. The van der Waals surface area contributed by atoms with Gasteiger partial charge in [-0.25, -0.2) is 0 Å². The predicted molar refractivity (Wildman–Crippen MR) is 38.4 cm³/mol. The second kappa shape index (κ2) is 4.99. The average Bonchev–Trinajstić information content (AvgIpc) is 1.97. The van der Waals surface area contributed by atoms with E-state index in [1.54, 1.807) is 0 Å². The molecule has 1 amide bonds. The van der Waals surface area contributed by atoms with Gasteiger partial charge in [-0.2, -0.15) is 5.26 Å². The molecule has 0 aromatic heterocycles. The maximum atomic E-state index is 10.3. The Balaban J connectivity index is 4.04. The number of nitriles is 1. The molecule has 2 N–H and O–H groups in total. The van der Waals surface area contributed by atoms with Crippen molar-refractivity contribution in [2.24, 2.45) is 10.9 Å². The van der Waals surface area contributed by atoms with E-state index in [0.717, 1.165) is 0 Å². The van der Waals surface area contributed by atoms with Crippen LogP contribution in [0.15, 0.2) is 17.8 Å². The molecule has 0 saturated carbocycles. The fraction of sp³-hybridized carbons (Fsp3) is 0.167. The summed E-state index contributed by atoms with van der Waals surface area (Å²) in [4.78, 5) is 14.7. The van der Waals surface area contributed by atoms with Crippen LogP contribution in [0, 0.1) is 11.3 Å². The lowest BCUT2D eigenvalue weighted by atomic mass is 10.4. The molecule has 5 nitrogen and oxygen atoms in total. The molecule has 5 heteroatoms. The Hall–Kier alpha value is -1.83. The van der Waals surface area contributed by atoms with Crippen molar-refractivity contribution >= 4 is 11.6 Å². The van der Waals surface area contributed by atoms with Crippen molar-refractivity contribution in [1.29, 1.82) is 5.26 Å². The van der Waals surface area contributed by atoms with Gasteiger partial charge in [0.15, 0.2) is 0 Å². The number of hydrogen-bond donors (Lipinski definition) is 1. The first-order valence-corrected chi connectivity index (χ1v) is 2.73. The summed E-state index contributed by atoms with van der Waals surface area (Å²) in [6.07, 6.45) is 1.43. The van der Waals surface area contributed by atoms with Crippen LogP contribution in [0.1, 0.15) is 0 Å². The Morgan fingerprint density at radius 3 is 2.91 bits per heavy atom. The molecule has 58 valence electrons. The highest BCUT2D eigenvalue weighted by molar-refractivity contribution is 6.44. The van der Waals surface area contributed by atoms with E-state index < -0.39 is 11.6 Å². The molecule has 11 heavy (non-hydrogen) atoms. The largest absolute Gasteiger partial charge is 0.390 e. The summed E-state index contributed by atoms with van der Waals surface area (Å²) >= 11 is 0. The fourth-order valence-electron chi connectivity index (χ4n) is 0.275. The minimum atomic E-state index is -0.906. The summed E-state index contributed by atoms with van der Waals surface area (Å²) in [6, 6.07) is 1.48. The molecule has 0 spiro atoms. The summed E-state index contributed by atoms with van der Waals surface area (Å²) in [5.74, 6) is -0.906. The Bertz CT molecular complexity index is 226. The van der Waals surface area contributed by atoms with Gasteiger partial charge in [0, 0.05) is 0 Å². The van der Waals surface area contributed by atoms with Crippen molar-refractivity contribution in [2.45, 2.75) is 0 Å². The van der Waals surface area contributed by atoms with Gasteiger partial charge in [0.05, 0.1) is 0 Å². The molecule has 0 aromatic carbocycles. The quantitative estimate of drug-likeness (QED) is 0.257. The topological polar surface area (TPSA) is 88.5 Å².